The van der Waals surface area contributed by atoms with Crippen LogP contribution in [0.1, 0.15) is 28.6 Å². The van der Waals surface area contributed by atoms with Crippen LogP contribution in [0.2, 0.25) is 10.0 Å². The van der Waals surface area contributed by atoms with E-state index in [4.69, 9.17) is 28.2 Å². The summed E-state index contributed by atoms with van der Waals surface area (Å²) >= 11 is 15.7. The molecule has 12 heteroatoms. The number of H-pyrrole nitrogens is 1. The van der Waals surface area contributed by atoms with Crippen molar-refractivity contribution in [3.8, 4) is 11.1 Å². The van der Waals surface area contributed by atoms with Gasteiger partial charge < -0.3 is 25.4 Å². The molecule has 1 aromatic heterocycles. The van der Waals surface area contributed by atoms with Crippen molar-refractivity contribution in [2.45, 2.75) is 12.5 Å². The number of carbonyl (C=O) groups excluding carboxylic acids is 2. The minimum absolute atomic E-state index is 0. The van der Waals surface area contributed by atoms with Crippen molar-refractivity contribution < 1.29 is 9.59 Å². The molecule has 0 spiro atoms. The maximum atomic E-state index is 12.9. The van der Waals surface area contributed by atoms with Crippen LogP contribution in [0.15, 0.2) is 108 Å². The van der Waals surface area contributed by atoms with Crippen LogP contribution in [0.25, 0.3) is 11.1 Å². The highest BCUT2D eigenvalue weighted by atomic mass is 79.9. The van der Waals surface area contributed by atoms with Gasteiger partial charge in [0, 0.05) is 52.8 Å². The van der Waals surface area contributed by atoms with Crippen LogP contribution in [-0.2, 0) is 16.0 Å². The quantitative estimate of drug-likeness (QED) is 0.161. The normalized spacial score (nSPS) is 15.2. The first kappa shape index (κ1) is 36.6. The topological polar surface area (TPSA) is 93.4 Å². The van der Waals surface area contributed by atoms with E-state index in [1.165, 1.54) is 11.1 Å². The number of aromatic nitrogens is 2. The Morgan fingerprint density at radius 2 is 1.49 bits per heavy atom. The fraction of sp³-hybridized carbons (Fsp3) is 0.216. The SMILES string of the molecule is Cl.O=C1CNCCN1C(c1cccc(Cl)c1)c1[nH]cnc1Cc1ccccc1-c1ccc(Br)cc1.O=C1CNCCN1c1cccc(Cl)c1. The number of aromatic amines is 1. The van der Waals surface area contributed by atoms with Crippen molar-refractivity contribution in [2.75, 3.05) is 44.2 Å². The van der Waals surface area contributed by atoms with Crippen molar-refractivity contribution in [3.05, 3.63) is 140 Å². The number of carbonyl (C=O) groups is 2. The predicted molar refractivity (Wildman–Crippen MR) is 203 cm³/mol. The summed E-state index contributed by atoms with van der Waals surface area (Å²) in [5.74, 6) is 0.158. The van der Waals surface area contributed by atoms with Gasteiger partial charge in [0.05, 0.1) is 36.8 Å². The lowest BCUT2D eigenvalue weighted by Crippen LogP contribution is -2.49. The molecule has 8 nitrogen and oxygen atoms in total. The van der Waals surface area contributed by atoms with Crippen LogP contribution in [0.4, 0.5) is 5.69 Å². The number of piperazine rings is 2. The third-order valence-electron chi connectivity index (χ3n) is 8.37. The molecular formula is C37H36BrCl3N6O2. The smallest absolute Gasteiger partial charge is 0.240 e. The second kappa shape index (κ2) is 17.3. The Bertz CT molecular complexity index is 1890. The zero-order chi connectivity index (χ0) is 33.5. The van der Waals surface area contributed by atoms with Gasteiger partial charge in [-0.3, -0.25) is 9.59 Å². The van der Waals surface area contributed by atoms with Gasteiger partial charge in [0.2, 0.25) is 11.8 Å². The summed E-state index contributed by atoms with van der Waals surface area (Å²) in [6.45, 7) is 3.64. The number of benzene rings is 4. The summed E-state index contributed by atoms with van der Waals surface area (Å²) in [7, 11) is 0. The van der Waals surface area contributed by atoms with E-state index in [0.717, 1.165) is 45.8 Å². The molecule has 0 saturated carbocycles. The van der Waals surface area contributed by atoms with E-state index in [1.54, 1.807) is 17.3 Å². The number of imidazole rings is 1. The summed E-state index contributed by atoms with van der Waals surface area (Å²) in [5.41, 5.74) is 7.18. The minimum atomic E-state index is -0.286. The van der Waals surface area contributed by atoms with E-state index >= 15 is 0 Å². The van der Waals surface area contributed by atoms with E-state index in [1.807, 2.05) is 47.4 Å². The molecule has 4 aromatic carbocycles. The Morgan fingerprint density at radius 1 is 0.796 bits per heavy atom. The Labute approximate surface area is 310 Å². The minimum Gasteiger partial charge on any atom is -0.346 e. The molecule has 2 fully saturated rings. The van der Waals surface area contributed by atoms with E-state index < -0.39 is 0 Å². The van der Waals surface area contributed by atoms with Gasteiger partial charge in [-0.05, 0) is 64.7 Å². The molecule has 1 atom stereocenters. The van der Waals surface area contributed by atoms with Crippen LogP contribution in [0.5, 0.6) is 0 Å². The number of amides is 2. The van der Waals surface area contributed by atoms with E-state index in [9.17, 15) is 9.59 Å². The van der Waals surface area contributed by atoms with E-state index in [0.29, 0.717) is 42.6 Å². The van der Waals surface area contributed by atoms with Crippen LogP contribution >= 0.6 is 51.5 Å². The molecule has 1 unspecified atom stereocenters. The van der Waals surface area contributed by atoms with Crippen LogP contribution in [-0.4, -0.2) is 66.0 Å². The van der Waals surface area contributed by atoms with Gasteiger partial charge in [0.25, 0.3) is 0 Å². The van der Waals surface area contributed by atoms with Crippen LogP contribution < -0.4 is 15.5 Å². The van der Waals surface area contributed by atoms with E-state index in [2.05, 4.69) is 80.1 Å². The summed E-state index contributed by atoms with van der Waals surface area (Å²) in [5, 5.41) is 7.50. The molecule has 3 N–H and O–H groups in total. The molecule has 3 heterocycles. The zero-order valence-corrected chi connectivity index (χ0v) is 30.5. The lowest BCUT2D eigenvalue weighted by Gasteiger charge is -2.35. The molecule has 2 amide bonds. The Morgan fingerprint density at radius 3 is 2.20 bits per heavy atom. The second-order valence-electron chi connectivity index (χ2n) is 11.5. The molecule has 0 bridgehead atoms. The first-order valence-electron chi connectivity index (χ1n) is 15.8. The Hall–Kier alpha value is -3.70. The van der Waals surface area contributed by atoms with Crippen molar-refractivity contribution in [2.24, 2.45) is 0 Å². The molecule has 0 aliphatic carbocycles. The Balaban J connectivity index is 0.000000262. The maximum Gasteiger partial charge on any atom is 0.240 e. The highest BCUT2D eigenvalue weighted by Gasteiger charge is 2.32. The third kappa shape index (κ3) is 9.11. The number of halogens is 4. The van der Waals surface area contributed by atoms with E-state index in [-0.39, 0.29) is 30.3 Å². The first-order valence-corrected chi connectivity index (χ1v) is 17.3. The lowest BCUT2D eigenvalue weighted by molar-refractivity contribution is -0.133. The van der Waals surface area contributed by atoms with Gasteiger partial charge in [-0.25, -0.2) is 4.98 Å². The van der Waals surface area contributed by atoms with Crippen LogP contribution in [0.3, 0.4) is 0 Å². The molecule has 254 valence electrons. The number of anilines is 1. The largest absolute Gasteiger partial charge is 0.346 e. The molecule has 5 aromatic rings. The summed E-state index contributed by atoms with van der Waals surface area (Å²) in [4.78, 5) is 36.2. The third-order valence-corrected chi connectivity index (χ3v) is 9.37. The Kier molecular flexibility index (Phi) is 12.9. The van der Waals surface area contributed by atoms with Gasteiger partial charge in [-0.1, -0.05) is 93.7 Å². The molecule has 2 aliphatic rings. The number of hydrogen-bond acceptors (Lipinski definition) is 5. The summed E-state index contributed by atoms with van der Waals surface area (Å²) in [6, 6.07) is 31.5. The van der Waals surface area contributed by atoms with Crippen molar-refractivity contribution >= 4 is 69.0 Å². The van der Waals surface area contributed by atoms with Gasteiger partial charge in [-0.2, -0.15) is 0 Å². The van der Waals surface area contributed by atoms with Crippen molar-refractivity contribution in [1.29, 1.82) is 0 Å². The van der Waals surface area contributed by atoms with Gasteiger partial charge in [0.15, 0.2) is 0 Å². The maximum absolute atomic E-state index is 12.9. The van der Waals surface area contributed by atoms with Crippen molar-refractivity contribution in [1.82, 2.24) is 25.5 Å². The van der Waals surface area contributed by atoms with Gasteiger partial charge >= 0.3 is 0 Å². The monoisotopic (exact) mass is 780 g/mol. The van der Waals surface area contributed by atoms with Gasteiger partial charge in [-0.15, -0.1) is 12.4 Å². The van der Waals surface area contributed by atoms with Crippen molar-refractivity contribution in [3.63, 3.8) is 0 Å². The summed E-state index contributed by atoms with van der Waals surface area (Å²) in [6.07, 6.45) is 2.36. The lowest BCUT2D eigenvalue weighted by atomic mass is 9.93. The average Bonchev–Trinajstić information content (AvgIpc) is 3.54. The predicted octanol–water partition coefficient (Wildman–Crippen LogP) is 7.30. The molecule has 2 aliphatic heterocycles. The highest BCUT2D eigenvalue weighted by Crippen LogP contribution is 2.34. The number of nitrogens with zero attached hydrogens (tertiary/aromatic N) is 3. The number of nitrogens with one attached hydrogen (secondary N) is 3. The summed E-state index contributed by atoms with van der Waals surface area (Å²) < 4.78 is 1.05. The second-order valence-corrected chi connectivity index (χ2v) is 13.3. The first-order chi connectivity index (χ1) is 23.4. The fourth-order valence-corrected chi connectivity index (χ4v) is 6.72. The molecule has 0 radical (unpaired) electrons. The molecule has 7 rings (SSSR count). The van der Waals surface area contributed by atoms with Gasteiger partial charge in [0.1, 0.15) is 0 Å². The highest BCUT2D eigenvalue weighted by molar-refractivity contribution is 9.10. The number of rotatable bonds is 7. The molecule has 49 heavy (non-hydrogen) atoms. The number of hydrogen-bond donors (Lipinski definition) is 3. The zero-order valence-electron chi connectivity index (χ0n) is 26.5. The fourth-order valence-electron chi connectivity index (χ4n) is 6.07. The van der Waals surface area contributed by atoms with Crippen LogP contribution in [0, 0.1) is 0 Å². The molecular weight excluding hydrogens is 747 g/mol. The molecule has 2 saturated heterocycles. The average molecular weight is 783 g/mol. The standard InChI is InChI=1S/C27H24BrClN4O.C10H11ClN2O.ClH/c28-21-10-8-18(9-11-21)23-7-2-1-4-19(23)15-24-26(32-17-31-24)27(20-5-3-6-22(29)14-20)33-13-12-30-16-25(33)34;11-8-2-1-3-9(6-8)13-5-4-12-7-10(13)14;/h1-11,14,17,27,30H,12-13,15-16H2,(H,31,32);1-3,6,12H,4-5,7H2;1H.